The van der Waals surface area contributed by atoms with Gasteiger partial charge >= 0.3 is 5.97 Å². The molecule has 1 aromatic carbocycles. The summed E-state index contributed by atoms with van der Waals surface area (Å²) >= 11 is 0. The highest BCUT2D eigenvalue weighted by Gasteiger charge is 2.38. The van der Waals surface area contributed by atoms with E-state index in [0.717, 1.165) is 5.56 Å². The number of hydrogen-bond acceptors (Lipinski definition) is 2. The zero-order valence-electron chi connectivity index (χ0n) is 9.60. The third-order valence-corrected chi connectivity index (χ3v) is 2.89. The lowest BCUT2D eigenvalue weighted by molar-refractivity contribution is -0.144. The van der Waals surface area contributed by atoms with Gasteiger partial charge in [0.15, 0.2) is 0 Å². The fourth-order valence-corrected chi connectivity index (χ4v) is 1.95. The number of benzene rings is 1. The number of hydrogen-bond donors (Lipinski definition) is 1. The summed E-state index contributed by atoms with van der Waals surface area (Å²) in [4.78, 5) is 11.6. The molecule has 0 saturated carbocycles. The zero-order chi connectivity index (χ0) is 12.7. The van der Waals surface area contributed by atoms with Gasteiger partial charge < -0.3 is 5.11 Å². The van der Waals surface area contributed by atoms with E-state index in [1.54, 1.807) is 18.2 Å². The molecule has 3 nitrogen and oxygen atoms in total. The van der Waals surface area contributed by atoms with E-state index in [-0.39, 0.29) is 6.42 Å². The lowest BCUT2D eigenvalue weighted by atomic mass is 9.74. The van der Waals surface area contributed by atoms with E-state index in [2.05, 4.69) is 6.58 Å². The van der Waals surface area contributed by atoms with Crippen molar-refractivity contribution in [3.05, 3.63) is 48.6 Å². The first-order valence-corrected chi connectivity index (χ1v) is 5.44. The number of aliphatic carboxylic acids is 1. The third kappa shape index (κ3) is 2.73. The van der Waals surface area contributed by atoms with Gasteiger partial charge in [0.1, 0.15) is 0 Å². The highest BCUT2D eigenvalue weighted by Crippen LogP contribution is 2.33. The van der Waals surface area contributed by atoms with E-state index < -0.39 is 11.4 Å². The second-order valence-electron chi connectivity index (χ2n) is 3.90. The molecule has 1 atom stereocenters. The Morgan fingerprint density at radius 3 is 2.59 bits per heavy atom. The van der Waals surface area contributed by atoms with E-state index in [0.29, 0.717) is 12.8 Å². The molecule has 1 N–H and O–H groups in total. The predicted octanol–water partition coefficient (Wildman–Crippen LogP) is 2.89. The van der Waals surface area contributed by atoms with Crippen LogP contribution in [0.4, 0.5) is 0 Å². The van der Waals surface area contributed by atoms with Crippen LogP contribution in [-0.4, -0.2) is 11.1 Å². The Bertz CT molecular complexity index is 433. The minimum Gasteiger partial charge on any atom is -0.481 e. The van der Waals surface area contributed by atoms with E-state index in [9.17, 15) is 9.90 Å². The minimum atomic E-state index is -1.03. The van der Waals surface area contributed by atoms with Crippen LogP contribution in [0.2, 0.25) is 0 Å². The summed E-state index contributed by atoms with van der Waals surface area (Å²) in [5.41, 5.74) is -0.304. The zero-order valence-corrected chi connectivity index (χ0v) is 9.60. The van der Waals surface area contributed by atoms with Crippen LogP contribution in [0, 0.1) is 11.3 Å². The third-order valence-electron chi connectivity index (χ3n) is 2.89. The number of nitrogens with zero attached hydrogens (tertiary/aromatic N) is 1. The molecule has 0 aliphatic heterocycles. The molecule has 0 heterocycles. The van der Waals surface area contributed by atoms with Crippen molar-refractivity contribution in [2.75, 3.05) is 0 Å². The van der Waals surface area contributed by atoms with Crippen LogP contribution < -0.4 is 0 Å². The van der Waals surface area contributed by atoms with E-state index in [1.807, 2.05) is 24.3 Å². The largest absolute Gasteiger partial charge is 0.481 e. The molecule has 0 fully saturated rings. The fraction of sp³-hybridized carbons (Fsp3) is 0.286. The van der Waals surface area contributed by atoms with Crippen LogP contribution in [0.3, 0.4) is 0 Å². The normalized spacial score (nSPS) is 13.4. The molecule has 3 heteroatoms. The number of allylic oxidation sites excluding steroid dienone is 1. The number of rotatable bonds is 6. The quantitative estimate of drug-likeness (QED) is 0.763. The van der Waals surface area contributed by atoms with Gasteiger partial charge in [-0.25, -0.2) is 0 Å². The lowest BCUT2D eigenvalue weighted by Gasteiger charge is -2.28. The van der Waals surface area contributed by atoms with Gasteiger partial charge in [-0.2, -0.15) is 5.26 Å². The van der Waals surface area contributed by atoms with Gasteiger partial charge in [-0.15, -0.1) is 6.58 Å². The molecule has 0 aromatic heterocycles. The van der Waals surface area contributed by atoms with Crippen molar-refractivity contribution in [2.24, 2.45) is 0 Å². The first-order chi connectivity index (χ1) is 8.17. The smallest absolute Gasteiger partial charge is 0.314 e. The van der Waals surface area contributed by atoms with Crippen molar-refractivity contribution in [2.45, 2.75) is 24.7 Å². The van der Waals surface area contributed by atoms with Crippen LogP contribution in [0.1, 0.15) is 24.8 Å². The highest BCUT2D eigenvalue weighted by atomic mass is 16.4. The standard InChI is InChI=1S/C14H15NO2/c1-2-9-14(13(16)17,10-6-11-15)12-7-4-3-5-8-12/h2-5,7-8H,1,6,9-10H2,(H,16,17). The second-order valence-corrected chi connectivity index (χ2v) is 3.90. The van der Waals surface area contributed by atoms with Gasteiger partial charge in [-0.05, 0) is 18.4 Å². The van der Waals surface area contributed by atoms with Gasteiger partial charge in [-0.1, -0.05) is 36.4 Å². The Kier molecular flexibility index (Phi) is 4.47. The molecular weight excluding hydrogens is 214 g/mol. The molecule has 0 bridgehead atoms. The SMILES string of the molecule is C=CCC(CCC#N)(C(=O)O)c1ccccc1. The molecule has 1 rings (SSSR count). The Balaban J connectivity index is 3.20. The monoisotopic (exact) mass is 229 g/mol. The Hall–Kier alpha value is -2.08. The van der Waals surface area contributed by atoms with Gasteiger partial charge in [0.2, 0.25) is 0 Å². The molecule has 0 radical (unpaired) electrons. The number of carbonyl (C=O) groups is 1. The minimum absolute atomic E-state index is 0.217. The Morgan fingerprint density at radius 1 is 1.47 bits per heavy atom. The Labute approximate surface area is 101 Å². The maximum Gasteiger partial charge on any atom is 0.314 e. The maximum atomic E-state index is 11.6. The van der Waals surface area contributed by atoms with Crippen molar-refractivity contribution >= 4 is 5.97 Å². The molecule has 88 valence electrons. The van der Waals surface area contributed by atoms with Crippen molar-refractivity contribution < 1.29 is 9.90 Å². The van der Waals surface area contributed by atoms with E-state index in [4.69, 9.17) is 5.26 Å². The molecule has 0 saturated heterocycles. The van der Waals surface area contributed by atoms with Gasteiger partial charge in [0.05, 0.1) is 11.5 Å². The van der Waals surface area contributed by atoms with Crippen molar-refractivity contribution in [1.29, 1.82) is 5.26 Å². The van der Waals surface area contributed by atoms with E-state index in [1.165, 1.54) is 0 Å². The van der Waals surface area contributed by atoms with Crippen LogP contribution in [0.15, 0.2) is 43.0 Å². The first-order valence-electron chi connectivity index (χ1n) is 5.44. The maximum absolute atomic E-state index is 11.6. The molecule has 1 aromatic rings. The average molecular weight is 229 g/mol. The number of carboxylic acids is 1. The highest BCUT2D eigenvalue weighted by molar-refractivity contribution is 5.81. The van der Waals surface area contributed by atoms with Crippen LogP contribution in [0.25, 0.3) is 0 Å². The van der Waals surface area contributed by atoms with E-state index >= 15 is 0 Å². The molecule has 1 unspecified atom stereocenters. The summed E-state index contributed by atoms with van der Waals surface area (Å²) in [6.07, 6.45) is 2.44. The summed E-state index contributed by atoms with van der Waals surface area (Å²) in [6.45, 7) is 3.62. The first kappa shape index (κ1) is 13.0. The van der Waals surface area contributed by atoms with Gasteiger partial charge in [-0.3, -0.25) is 4.79 Å². The summed E-state index contributed by atoms with van der Waals surface area (Å²) in [5.74, 6) is -0.904. The van der Waals surface area contributed by atoms with Gasteiger partial charge in [0, 0.05) is 6.42 Å². The number of nitriles is 1. The predicted molar refractivity (Wildman–Crippen MR) is 65.4 cm³/mol. The Morgan fingerprint density at radius 2 is 2.12 bits per heavy atom. The topological polar surface area (TPSA) is 61.1 Å². The average Bonchev–Trinajstić information content (AvgIpc) is 2.35. The molecule has 0 spiro atoms. The molecule has 0 amide bonds. The van der Waals surface area contributed by atoms with Crippen LogP contribution >= 0.6 is 0 Å². The van der Waals surface area contributed by atoms with Crippen molar-refractivity contribution in [1.82, 2.24) is 0 Å². The van der Waals surface area contributed by atoms with Crippen LogP contribution in [-0.2, 0) is 10.2 Å². The summed E-state index contributed by atoms with van der Waals surface area (Å²) < 4.78 is 0. The summed E-state index contributed by atoms with van der Waals surface area (Å²) in [6, 6.07) is 11.0. The van der Waals surface area contributed by atoms with Crippen molar-refractivity contribution in [3.63, 3.8) is 0 Å². The summed E-state index contributed by atoms with van der Waals surface area (Å²) in [5, 5.41) is 18.1. The van der Waals surface area contributed by atoms with Crippen LogP contribution in [0.5, 0.6) is 0 Å². The molecule has 17 heavy (non-hydrogen) atoms. The number of carboxylic acid groups (broad SMARTS) is 1. The van der Waals surface area contributed by atoms with Crippen molar-refractivity contribution in [3.8, 4) is 6.07 Å². The molecular formula is C14H15NO2. The lowest BCUT2D eigenvalue weighted by Crippen LogP contribution is -2.35. The molecule has 0 aliphatic carbocycles. The van der Waals surface area contributed by atoms with Gasteiger partial charge in [0.25, 0.3) is 0 Å². The fourth-order valence-electron chi connectivity index (χ4n) is 1.95. The summed E-state index contributed by atoms with van der Waals surface area (Å²) in [7, 11) is 0. The molecule has 0 aliphatic rings. The second kappa shape index (κ2) is 5.86.